The molecule has 1 atom stereocenters. The SMILES string of the molecule is CCCCOC(=O)C[C@H](NC(=O)CNC(C)=O)C(=O)OCCCC. The lowest BCUT2D eigenvalue weighted by molar-refractivity contribution is -0.153. The minimum atomic E-state index is -1.13. The van der Waals surface area contributed by atoms with E-state index in [2.05, 4.69) is 10.6 Å². The van der Waals surface area contributed by atoms with Gasteiger partial charge in [-0.05, 0) is 12.8 Å². The highest BCUT2D eigenvalue weighted by Crippen LogP contribution is 2.01. The van der Waals surface area contributed by atoms with Crippen LogP contribution < -0.4 is 10.6 Å². The molecular formula is C16H28N2O6. The zero-order valence-electron chi connectivity index (χ0n) is 14.7. The van der Waals surface area contributed by atoms with Gasteiger partial charge in [-0.3, -0.25) is 14.4 Å². The second-order valence-corrected chi connectivity index (χ2v) is 5.33. The highest BCUT2D eigenvalue weighted by Gasteiger charge is 2.26. The number of hydrogen-bond acceptors (Lipinski definition) is 6. The van der Waals surface area contributed by atoms with E-state index in [1.807, 2.05) is 13.8 Å². The van der Waals surface area contributed by atoms with E-state index in [-0.39, 0.29) is 32.1 Å². The van der Waals surface area contributed by atoms with Crippen LogP contribution in [0.3, 0.4) is 0 Å². The van der Waals surface area contributed by atoms with Crippen LogP contribution in [0.25, 0.3) is 0 Å². The second kappa shape index (κ2) is 13.3. The van der Waals surface area contributed by atoms with Crippen LogP contribution in [0.15, 0.2) is 0 Å². The van der Waals surface area contributed by atoms with E-state index in [0.29, 0.717) is 6.42 Å². The van der Waals surface area contributed by atoms with E-state index in [4.69, 9.17) is 9.47 Å². The Bertz CT molecular complexity index is 425. The molecule has 0 saturated carbocycles. The zero-order chi connectivity index (χ0) is 18.4. The number of esters is 2. The highest BCUT2D eigenvalue weighted by atomic mass is 16.5. The van der Waals surface area contributed by atoms with Crippen molar-refractivity contribution in [3.05, 3.63) is 0 Å². The molecule has 0 bridgehead atoms. The van der Waals surface area contributed by atoms with Crippen molar-refractivity contribution in [1.82, 2.24) is 10.6 Å². The Balaban J connectivity index is 4.57. The summed E-state index contributed by atoms with van der Waals surface area (Å²) >= 11 is 0. The number of carbonyl (C=O) groups is 4. The van der Waals surface area contributed by atoms with Crippen LogP contribution in [-0.4, -0.2) is 49.6 Å². The average Bonchev–Trinajstić information content (AvgIpc) is 2.52. The minimum absolute atomic E-state index is 0.221. The number of carbonyl (C=O) groups excluding carboxylic acids is 4. The molecule has 0 saturated heterocycles. The Hall–Kier alpha value is -2.12. The van der Waals surface area contributed by atoms with Crippen LogP contribution in [0.5, 0.6) is 0 Å². The van der Waals surface area contributed by atoms with Crippen LogP contribution in [0.1, 0.15) is 52.9 Å². The second-order valence-electron chi connectivity index (χ2n) is 5.33. The standard InChI is InChI=1S/C16H28N2O6/c1-4-6-8-23-15(21)10-13(16(22)24-9-7-5-2)18-14(20)11-17-12(3)19/h13H,4-11H2,1-3H3,(H,17,19)(H,18,20)/t13-/m0/s1. The van der Waals surface area contributed by atoms with Gasteiger partial charge in [0.05, 0.1) is 26.2 Å². The molecule has 0 aliphatic heterocycles. The van der Waals surface area contributed by atoms with E-state index in [9.17, 15) is 19.2 Å². The molecule has 0 spiro atoms. The van der Waals surface area contributed by atoms with Crippen molar-refractivity contribution in [2.75, 3.05) is 19.8 Å². The number of nitrogens with one attached hydrogen (secondary N) is 2. The van der Waals surface area contributed by atoms with Crippen molar-refractivity contribution < 1.29 is 28.7 Å². The zero-order valence-corrected chi connectivity index (χ0v) is 14.7. The molecule has 0 aromatic carbocycles. The summed E-state index contributed by atoms with van der Waals surface area (Å²) in [5, 5.41) is 4.71. The lowest BCUT2D eigenvalue weighted by Crippen LogP contribution is -2.47. The fourth-order valence-electron chi connectivity index (χ4n) is 1.62. The fraction of sp³-hybridized carbons (Fsp3) is 0.750. The summed E-state index contributed by atoms with van der Waals surface area (Å²) in [6.45, 7) is 5.40. The van der Waals surface area contributed by atoms with Crippen LogP contribution in [-0.2, 0) is 28.7 Å². The molecule has 0 aliphatic carbocycles. The van der Waals surface area contributed by atoms with Crippen LogP contribution in [0.2, 0.25) is 0 Å². The van der Waals surface area contributed by atoms with Gasteiger partial charge in [0.25, 0.3) is 0 Å². The molecule has 0 radical (unpaired) electrons. The lowest BCUT2D eigenvalue weighted by atomic mass is 10.2. The van der Waals surface area contributed by atoms with Gasteiger partial charge in [0.1, 0.15) is 6.04 Å². The quantitative estimate of drug-likeness (QED) is 0.398. The van der Waals surface area contributed by atoms with Gasteiger partial charge in [-0.1, -0.05) is 26.7 Å². The number of ether oxygens (including phenoxy) is 2. The van der Waals surface area contributed by atoms with Crippen molar-refractivity contribution in [2.24, 2.45) is 0 Å². The first kappa shape index (κ1) is 21.9. The van der Waals surface area contributed by atoms with Crippen molar-refractivity contribution in [1.29, 1.82) is 0 Å². The van der Waals surface area contributed by atoms with Crippen LogP contribution >= 0.6 is 0 Å². The van der Waals surface area contributed by atoms with Crippen LogP contribution in [0.4, 0.5) is 0 Å². The summed E-state index contributed by atoms with van der Waals surface area (Å²) in [7, 11) is 0. The van der Waals surface area contributed by atoms with E-state index >= 15 is 0 Å². The van der Waals surface area contributed by atoms with Gasteiger partial charge in [0, 0.05) is 6.92 Å². The largest absolute Gasteiger partial charge is 0.466 e. The maximum atomic E-state index is 12.0. The third-order valence-electron chi connectivity index (χ3n) is 2.99. The Morgan fingerprint density at radius 1 is 0.958 bits per heavy atom. The monoisotopic (exact) mass is 344 g/mol. The van der Waals surface area contributed by atoms with Crippen LogP contribution in [0, 0.1) is 0 Å². The summed E-state index contributed by atoms with van der Waals surface area (Å²) in [6.07, 6.45) is 2.85. The normalized spacial score (nSPS) is 11.3. The summed E-state index contributed by atoms with van der Waals surface area (Å²) < 4.78 is 10.0. The molecule has 138 valence electrons. The highest BCUT2D eigenvalue weighted by molar-refractivity contribution is 5.90. The van der Waals surface area contributed by atoms with Crippen molar-refractivity contribution in [3.63, 3.8) is 0 Å². The van der Waals surface area contributed by atoms with Gasteiger partial charge in [0.15, 0.2) is 0 Å². The number of unbranched alkanes of at least 4 members (excludes halogenated alkanes) is 2. The third kappa shape index (κ3) is 11.4. The van der Waals surface area contributed by atoms with Gasteiger partial charge < -0.3 is 20.1 Å². The number of rotatable bonds is 12. The predicted molar refractivity (Wildman–Crippen MR) is 87.0 cm³/mol. The summed E-state index contributed by atoms with van der Waals surface area (Å²) in [4.78, 5) is 46.3. The first-order valence-corrected chi connectivity index (χ1v) is 8.26. The molecule has 0 unspecified atom stereocenters. The molecule has 0 fully saturated rings. The van der Waals surface area contributed by atoms with E-state index in [0.717, 1.165) is 19.3 Å². The van der Waals surface area contributed by atoms with E-state index in [1.54, 1.807) is 0 Å². The van der Waals surface area contributed by atoms with Gasteiger partial charge in [0.2, 0.25) is 11.8 Å². The molecule has 0 rings (SSSR count). The maximum Gasteiger partial charge on any atom is 0.329 e. The Morgan fingerprint density at radius 3 is 2.08 bits per heavy atom. The van der Waals surface area contributed by atoms with E-state index < -0.39 is 23.9 Å². The number of amides is 2. The van der Waals surface area contributed by atoms with Gasteiger partial charge in [-0.15, -0.1) is 0 Å². The number of hydrogen-bond donors (Lipinski definition) is 2. The Morgan fingerprint density at radius 2 is 1.54 bits per heavy atom. The molecule has 0 aliphatic rings. The van der Waals surface area contributed by atoms with Gasteiger partial charge >= 0.3 is 11.9 Å². The van der Waals surface area contributed by atoms with Crippen molar-refractivity contribution in [3.8, 4) is 0 Å². The minimum Gasteiger partial charge on any atom is -0.466 e. The average molecular weight is 344 g/mol. The topological polar surface area (TPSA) is 111 Å². The van der Waals surface area contributed by atoms with Gasteiger partial charge in [-0.25, -0.2) is 4.79 Å². The molecule has 24 heavy (non-hydrogen) atoms. The molecular weight excluding hydrogens is 316 g/mol. The molecule has 2 N–H and O–H groups in total. The first-order chi connectivity index (χ1) is 11.4. The van der Waals surface area contributed by atoms with Crippen molar-refractivity contribution >= 4 is 23.8 Å². The molecule has 8 nitrogen and oxygen atoms in total. The Kier molecular flexibility index (Phi) is 12.2. The third-order valence-corrected chi connectivity index (χ3v) is 2.99. The van der Waals surface area contributed by atoms with E-state index in [1.165, 1.54) is 6.92 Å². The maximum absolute atomic E-state index is 12.0. The molecule has 0 heterocycles. The van der Waals surface area contributed by atoms with Gasteiger partial charge in [-0.2, -0.15) is 0 Å². The summed E-state index contributed by atoms with van der Waals surface area (Å²) in [5.74, 6) is -2.22. The smallest absolute Gasteiger partial charge is 0.329 e. The molecule has 2 amide bonds. The summed E-state index contributed by atoms with van der Waals surface area (Å²) in [6, 6.07) is -1.13. The van der Waals surface area contributed by atoms with Crippen molar-refractivity contribution in [2.45, 2.75) is 58.9 Å². The summed E-state index contributed by atoms with van der Waals surface area (Å²) in [5.41, 5.74) is 0. The lowest BCUT2D eigenvalue weighted by Gasteiger charge is -2.17. The molecule has 0 aromatic heterocycles. The molecule has 0 aromatic rings. The first-order valence-electron chi connectivity index (χ1n) is 8.26. The Labute approximate surface area is 142 Å². The fourth-order valence-corrected chi connectivity index (χ4v) is 1.62. The molecule has 8 heteroatoms. The predicted octanol–water partition coefficient (Wildman–Crippen LogP) is 0.684.